The van der Waals surface area contributed by atoms with Crippen LogP contribution in [0, 0.1) is 0 Å². The number of methoxy groups -OCH3 is 1. The minimum absolute atomic E-state index is 0.232. The maximum Gasteiger partial charge on any atom is 0.271 e. The molecule has 0 saturated heterocycles. The molecule has 0 aliphatic heterocycles. The highest BCUT2D eigenvalue weighted by Crippen LogP contribution is 2.27. The molecule has 2 aromatic rings. The Labute approximate surface area is 167 Å². The predicted octanol–water partition coefficient (Wildman–Crippen LogP) is 4.98. The van der Waals surface area contributed by atoms with Gasteiger partial charge in [0.25, 0.3) is 5.91 Å². The summed E-state index contributed by atoms with van der Waals surface area (Å²) < 4.78 is 11.1. The van der Waals surface area contributed by atoms with Gasteiger partial charge in [-0.3, -0.25) is 4.79 Å². The summed E-state index contributed by atoms with van der Waals surface area (Å²) in [7, 11) is 1.61. The molecule has 0 aliphatic rings. The van der Waals surface area contributed by atoms with E-state index in [1.165, 1.54) is 5.56 Å². The SMILES string of the molecule is CCCCOc1ccc(/C=N/NC(=O)c2ccc(CCCC)cc2)cc1OC. The maximum atomic E-state index is 12.2. The van der Waals surface area contributed by atoms with Crippen molar-refractivity contribution in [2.24, 2.45) is 5.10 Å². The van der Waals surface area contributed by atoms with Crippen LogP contribution in [0.4, 0.5) is 0 Å². The first kappa shape index (κ1) is 21.5. The van der Waals surface area contributed by atoms with Crippen LogP contribution in [0.5, 0.6) is 11.5 Å². The summed E-state index contributed by atoms with van der Waals surface area (Å²) in [5.41, 5.74) is 5.22. The van der Waals surface area contributed by atoms with Crippen molar-refractivity contribution in [1.82, 2.24) is 5.43 Å². The molecule has 28 heavy (non-hydrogen) atoms. The Hall–Kier alpha value is -2.82. The van der Waals surface area contributed by atoms with Gasteiger partial charge in [0, 0.05) is 5.56 Å². The number of amides is 1. The molecule has 0 aromatic heterocycles. The number of nitrogens with zero attached hydrogens (tertiary/aromatic N) is 1. The predicted molar refractivity (Wildman–Crippen MR) is 114 cm³/mol. The lowest BCUT2D eigenvalue weighted by molar-refractivity contribution is 0.0955. The number of nitrogens with one attached hydrogen (secondary N) is 1. The van der Waals surface area contributed by atoms with Crippen molar-refractivity contribution in [3.05, 3.63) is 59.2 Å². The zero-order valence-corrected chi connectivity index (χ0v) is 17.0. The summed E-state index contributed by atoms with van der Waals surface area (Å²) in [5, 5.41) is 4.05. The number of aryl methyl sites for hydroxylation is 1. The second-order valence-corrected chi connectivity index (χ2v) is 6.61. The molecule has 0 radical (unpaired) electrons. The van der Waals surface area contributed by atoms with Crippen LogP contribution >= 0.6 is 0 Å². The highest BCUT2D eigenvalue weighted by Gasteiger charge is 2.06. The van der Waals surface area contributed by atoms with Crippen molar-refractivity contribution in [2.75, 3.05) is 13.7 Å². The Morgan fingerprint density at radius 1 is 1.04 bits per heavy atom. The molecule has 0 atom stereocenters. The third-order valence-electron chi connectivity index (χ3n) is 4.36. The van der Waals surface area contributed by atoms with Crippen LogP contribution in [0.15, 0.2) is 47.6 Å². The van der Waals surface area contributed by atoms with Crippen LogP contribution in [0.1, 0.15) is 61.0 Å². The lowest BCUT2D eigenvalue weighted by Crippen LogP contribution is -2.17. The number of hydrogen-bond acceptors (Lipinski definition) is 4. The van der Waals surface area contributed by atoms with Crippen molar-refractivity contribution in [2.45, 2.75) is 46.0 Å². The van der Waals surface area contributed by atoms with Crippen molar-refractivity contribution >= 4 is 12.1 Å². The van der Waals surface area contributed by atoms with E-state index in [1.807, 2.05) is 42.5 Å². The second kappa shape index (κ2) is 11.8. The average Bonchev–Trinajstić information content (AvgIpc) is 2.73. The number of benzene rings is 2. The Morgan fingerprint density at radius 3 is 2.46 bits per heavy atom. The van der Waals surface area contributed by atoms with E-state index in [0.29, 0.717) is 23.7 Å². The molecule has 5 nitrogen and oxygen atoms in total. The molecule has 2 rings (SSSR count). The zero-order valence-electron chi connectivity index (χ0n) is 17.0. The van der Waals surface area contributed by atoms with E-state index in [4.69, 9.17) is 9.47 Å². The first-order chi connectivity index (χ1) is 13.7. The van der Waals surface area contributed by atoms with Crippen LogP contribution in [0.3, 0.4) is 0 Å². The Bertz CT molecular complexity index is 770. The van der Waals surface area contributed by atoms with Gasteiger partial charge in [-0.05, 0) is 60.7 Å². The summed E-state index contributed by atoms with van der Waals surface area (Å²) >= 11 is 0. The smallest absolute Gasteiger partial charge is 0.271 e. The maximum absolute atomic E-state index is 12.2. The molecular weight excluding hydrogens is 352 g/mol. The molecule has 150 valence electrons. The molecule has 5 heteroatoms. The Balaban J connectivity index is 1.93. The van der Waals surface area contributed by atoms with Gasteiger partial charge in [-0.25, -0.2) is 5.43 Å². The van der Waals surface area contributed by atoms with E-state index >= 15 is 0 Å². The van der Waals surface area contributed by atoms with E-state index in [-0.39, 0.29) is 5.91 Å². The average molecular weight is 383 g/mol. The van der Waals surface area contributed by atoms with E-state index in [2.05, 4.69) is 24.4 Å². The first-order valence-electron chi connectivity index (χ1n) is 9.91. The molecule has 0 heterocycles. The summed E-state index contributed by atoms with van der Waals surface area (Å²) in [6.45, 7) is 4.95. The van der Waals surface area contributed by atoms with Crippen LogP contribution in [0.2, 0.25) is 0 Å². The van der Waals surface area contributed by atoms with Gasteiger partial charge in [0.2, 0.25) is 0 Å². The van der Waals surface area contributed by atoms with E-state index in [0.717, 1.165) is 37.7 Å². The van der Waals surface area contributed by atoms with Gasteiger partial charge < -0.3 is 9.47 Å². The molecular formula is C23H30N2O3. The topological polar surface area (TPSA) is 59.9 Å². The van der Waals surface area contributed by atoms with Gasteiger partial charge in [0.1, 0.15) is 0 Å². The highest BCUT2D eigenvalue weighted by atomic mass is 16.5. The Kier molecular flexibility index (Phi) is 9.05. The number of carbonyl (C=O) groups is 1. The van der Waals surface area contributed by atoms with Crippen molar-refractivity contribution < 1.29 is 14.3 Å². The van der Waals surface area contributed by atoms with Crippen molar-refractivity contribution in [3.63, 3.8) is 0 Å². The van der Waals surface area contributed by atoms with Gasteiger partial charge in [-0.2, -0.15) is 5.10 Å². The van der Waals surface area contributed by atoms with Gasteiger partial charge in [-0.1, -0.05) is 38.8 Å². The van der Waals surface area contributed by atoms with E-state index in [1.54, 1.807) is 13.3 Å². The van der Waals surface area contributed by atoms with Gasteiger partial charge in [-0.15, -0.1) is 0 Å². The van der Waals surface area contributed by atoms with Gasteiger partial charge in [0.05, 0.1) is 19.9 Å². The van der Waals surface area contributed by atoms with E-state index < -0.39 is 0 Å². The van der Waals surface area contributed by atoms with Crippen molar-refractivity contribution in [3.8, 4) is 11.5 Å². The molecule has 0 unspecified atom stereocenters. The third-order valence-corrected chi connectivity index (χ3v) is 4.36. The van der Waals surface area contributed by atoms with Crippen molar-refractivity contribution in [1.29, 1.82) is 0 Å². The lowest BCUT2D eigenvalue weighted by Gasteiger charge is -2.10. The molecule has 2 aromatic carbocycles. The minimum Gasteiger partial charge on any atom is -0.493 e. The van der Waals surface area contributed by atoms with Crippen LogP contribution < -0.4 is 14.9 Å². The van der Waals surface area contributed by atoms with Crippen LogP contribution in [-0.4, -0.2) is 25.8 Å². The van der Waals surface area contributed by atoms with E-state index in [9.17, 15) is 4.79 Å². The normalized spacial score (nSPS) is 10.8. The minimum atomic E-state index is -0.232. The summed E-state index contributed by atoms with van der Waals surface area (Å²) in [6, 6.07) is 13.2. The monoisotopic (exact) mass is 382 g/mol. The number of ether oxygens (including phenoxy) is 2. The highest BCUT2D eigenvalue weighted by molar-refractivity contribution is 5.94. The standard InChI is InChI=1S/C23H30N2O3/c1-4-6-8-18-9-12-20(13-10-18)23(26)25-24-17-19-11-14-21(22(16-19)27-3)28-15-7-5-2/h9-14,16-17H,4-8,15H2,1-3H3,(H,25,26)/b24-17+. The fourth-order valence-electron chi connectivity index (χ4n) is 2.64. The molecule has 0 spiro atoms. The third kappa shape index (κ3) is 6.72. The van der Waals surface area contributed by atoms with Gasteiger partial charge >= 0.3 is 0 Å². The summed E-state index contributed by atoms with van der Waals surface area (Å²) in [6.07, 6.45) is 7.02. The molecule has 0 fully saturated rings. The molecule has 1 amide bonds. The lowest BCUT2D eigenvalue weighted by atomic mass is 10.1. The van der Waals surface area contributed by atoms with Gasteiger partial charge in [0.15, 0.2) is 11.5 Å². The fourth-order valence-corrected chi connectivity index (χ4v) is 2.64. The first-order valence-corrected chi connectivity index (χ1v) is 9.91. The van der Waals surface area contributed by atoms with Crippen LogP contribution in [-0.2, 0) is 6.42 Å². The molecule has 0 aliphatic carbocycles. The number of unbranched alkanes of at least 4 members (excludes halogenated alkanes) is 2. The van der Waals surface area contributed by atoms with Crippen LogP contribution in [0.25, 0.3) is 0 Å². The number of hydrazone groups is 1. The second-order valence-electron chi connectivity index (χ2n) is 6.61. The molecule has 0 bridgehead atoms. The summed E-state index contributed by atoms with van der Waals surface area (Å²) in [4.78, 5) is 12.2. The quantitative estimate of drug-likeness (QED) is 0.339. The Morgan fingerprint density at radius 2 is 1.79 bits per heavy atom. The number of hydrogen-bond donors (Lipinski definition) is 1. The number of carbonyl (C=O) groups excluding carboxylic acids is 1. The fraction of sp³-hybridized carbons (Fsp3) is 0.391. The largest absolute Gasteiger partial charge is 0.493 e. The summed E-state index contributed by atoms with van der Waals surface area (Å²) in [5.74, 6) is 1.12. The molecule has 0 saturated carbocycles. The molecule has 1 N–H and O–H groups in total. The zero-order chi connectivity index (χ0) is 20.2. The number of rotatable bonds is 11.